The number of rotatable bonds is 4. The summed E-state index contributed by atoms with van der Waals surface area (Å²) in [4.78, 5) is 0. The molecule has 1 heterocycles. The summed E-state index contributed by atoms with van der Waals surface area (Å²) in [5.41, 5.74) is 6.85. The molecular formula is C23H22ClN3O2. The maximum absolute atomic E-state index is 11.1. The summed E-state index contributed by atoms with van der Waals surface area (Å²) in [6.45, 7) is 5.66. The Hall–Kier alpha value is -3.02. The van der Waals surface area contributed by atoms with Crippen LogP contribution in [0.2, 0.25) is 5.02 Å². The Morgan fingerprint density at radius 2 is 1.76 bits per heavy atom. The molecule has 1 unspecified atom stereocenters. The van der Waals surface area contributed by atoms with E-state index in [-0.39, 0.29) is 5.75 Å². The fourth-order valence-electron chi connectivity index (χ4n) is 3.63. The van der Waals surface area contributed by atoms with E-state index in [1.54, 1.807) is 25.3 Å². The third kappa shape index (κ3) is 3.67. The quantitative estimate of drug-likeness (QED) is 0.331. The summed E-state index contributed by atoms with van der Waals surface area (Å²) in [6.07, 6.45) is 1.10. The smallest absolute Gasteiger partial charge is 0.131 e. The van der Waals surface area contributed by atoms with Gasteiger partial charge in [0.1, 0.15) is 12.0 Å². The SMILES string of the molecule is Cc1cc(-c2ccc(NC(C)O)c(Cl)c2)c(O)c(-c2cc(C)c3cn[nH]c3c2)c1. The topological polar surface area (TPSA) is 81.2 Å². The Morgan fingerprint density at radius 1 is 1.03 bits per heavy atom. The van der Waals surface area contributed by atoms with E-state index >= 15 is 0 Å². The molecule has 0 bridgehead atoms. The molecule has 148 valence electrons. The summed E-state index contributed by atoms with van der Waals surface area (Å²) in [5.74, 6) is 0.196. The van der Waals surface area contributed by atoms with Crippen molar-refractivity contribution in [2.24, 2.45) is 0 Å². The van der Waals surface area contributed by atoms with E-state index in [1.807, 2.05) is 38.1 Å². The number of aliphatic hydroxyl groups excluding tert-OH is 1. The molecule has 0 saturated heterocycles. The average Bonchev–Trinajstić information content (AvgIpc) is 3.14. The Kier molecular flexibility index (Phi) is 4.94. The van der Waals surface area contributed by atoms with Crippen LogP contribution in [0.3, 0.4) is 0 Å². The minimum absolute atomic E-state index is 0.196. The maximum atomic E-state index is 11.1. The number of hydrogen-bond acceptors (Lipinski definition) is 4. The van der Waals surface area contributed by atoms with Gasteiger partial charge in [0.2, 0.25) is 0 Å². The van der Waals surface area contributed by atoms with Crippen LogP contribution in [0.1, 0.15) is 18.1 Å². The predicted molar refractivity (Wildman–Crippen MR) is 118 cm³/mol. The van der Waals surface area contributed by atoms with Crippen molar-refractivity contribution in [3.8, 4) is 28.0 Å². The summed E-state index contributed by atoms with van der Waals surface area (Å²) in [5, 5.41) is 32.2. The fourth-order valence-corrected chi connectivity index (χ4v) is 3.86. The molecule has 4 rings (SSSR count). The number of phenolic OH excluding ortho intramolecular Hbond substituents is 1. The number of nitrogens with one attached hydrogen (secondary N) is 2. The monoisotopic (exact) mass is 407 g/mol. The number of phenols is 1. The number of H-pyrrole nitrogens is 1. The number of nitrogens with zero attached hydrogens (tertiary/aromatic N) is 1. The zero-order valence-electron chi connectivity index (χ0n) is 16.4. The second-order valence-corrected chi connectivity index (χ2v) is 7.76. The van der Waals surface area contributed by atoms with Crippen LogP contribution >= 0.6 is 11.6 Å². The van der Waals surface area contributed by atoms with Crippen LogP contribution in [-0.2, 0) is 0 Å². The minimum Gasteiger partial charge on any atom is -0.507 e. The molecule has 4 N–H and O–H groups in total. The van der Waals surface area contributed by atoms with Crippen LogP contribution in [0.5, 0.6) is 5.75 Å². The highest BCUT2D eigenvalue weighted by atomic mass is 35.5. The largest absolute Gasteiger partial charge is 0.507 e. The van der Waals surface area contributed by atoms with Crippen molar-refractivity contribution in [3.63, 3.8) is 0 Å². The van der Waals surface area contributed by atoms with Crippen molar-refractivity contribution < 1.29 is 10.2 Å². The molecule has 5 nitrogen and oxygen atoms in total. The van der Waals surface area contributed by atoms with E-state index in [0.29, 0.717) is 16.3 Å². The molecule has 0 fully saturated rings. The Morgan fingerprint density at radius 3 is 2.45 bits per heavy atom. The third-order valence-electron chi connectivity index (χ3n) is 4.98. The van der Waals surface area contributed by atoms with Gasteiger partial charge in [-0.15, -0.1) is 0 Å². The number of aromatic nitrogens is 2. The normalized spacial score (nSPS) is 12.3. The highest BCUT2D eigenvalue weighted by molar-refractivity contribution is 6.33. The van der Waals surface area contributed by atoms with Gasteiger partial charge in [-0.2, -0.15) is 5.10 Å². The van der Waals surface area contributed by atoms with Crippen LogP contribution in [0, 0.1) is 13.8 Å². The van der Waals surface area contributed by atoms with Crippen molar-refractivity contribution in [3.05, 3.63) is 64.8 Å². The van der Waals surface area contributed by atoms with Crippen LogP contribution in [0.4, 0.5) is 5.69 Å². The van der Waals surface area contributed by atoms with Crippen molar-refractivity contribution in [2.45, 2.75) is 27.0 Å². The molecule has 29 heavy (non-hydrogen) atoms. The molecule has 0 aliphatic heterocycles. The van der Waals surface area contributed by atoms with Crippen molar-refractivity contribution >= 4 is 28.2 Å². The van der Waals surface area contributed by atoms with Gasteiger partial charge in [0.05, 0.1) is 22.4 Å². The number of anilines is 1. The molecule has 1 atom stereocenters. The third-order valence-corrected chi connectivity index (χ3v) is 5.29. The highest BCUT2D eigenvalue weighted by Gasteiger charge is 2.15. The molecular weight excluding hydrogens is 386 g/mol. The second kappa shape index (κ2) is 7.43. The van der Waals surface area contributed by atoms with Gasteiger partial charge >= 0.3 is 0 Å². The zero-order valence-corrected chi connectivity index (χ0v) is 17.2. The lowest BCUT2D eigenvalue weighted by Crippen LogP contribution is -2.13. The molecule has 0 saturated carbocycles. The average molecular weight is 408 g/mol. The van der Waals surface area contributed by atoms with Gasteiger partial charge in [-0.3, -0.25) is 5.10 Å². The first-order valence-corrected chi connectivity index (χ1v) is 9.73. The first-order chi connectivity index (χ1) is 13.8. The van der Waals surface area contributed by atoms with Crippen LogP contribution in [0.25, 0.3) is 33.2 Å². The van der Waals surface area contributed by atoms with Crippen molar-refractivity contribution in [1.29, 1.82) is 0 Å². The summed E-state index contributed by atoms with van der Waals surface area (Å²) < 4.78 is 0. The van der Waals surface area contributed by atoms with E-state index < -0.39 is 6.23 Å². The number of halogens is 1. The standard InChI is InChI=1S/C23H22ClN3O2/c1-12-6-17(15-4-5-21(20(24)9-15)26-14(3)28)23(29)18(7-12)16-8-13(2)19-11-25-27-22(19)10-16/h4-11,14,26,28-29H,1-3H3,(H,25,27). The molecule has 0 aliphatic rings. The van der Waals surface area contributed by atoms with E-state index in [2.05, 4.69) is 21.6 Å². The van der Waals surface area contributed by atoms with Gasteiger partial charge < -0.3 is 15.5 Å². The first kappa shape index (κ1) is 19.3. The number of aliphatic hydroxyl groups is 1. The molecule has 6 heteroatoms. The molecule has 4 aromatic rings. The number of hydrogen-bond donors (Lipinski definition) is 4. The van der Waals surface area contributed by atoms with E-state index in [0.717, 1.165) is 38.7 Å². The molecule has 0 aliphatic carbocycles. The lowest BCUT2D eigenvalue weighted by atomic mass is 9.93. The van der Waals surface area contributed by atoms with Gasteiger partial charge in [0.15, 0.2) is 0 Å². The van der Waals surface area contributed by atoms with E-state index in [4.69, 9.17) is 11.6 Å². The number of aromatic amines is 1. The number of benzene rings is 3. The molecule has 0 amide bonds. The van der Waals surface area contributed by atoms with Gasteiger partial charge in [-0.1, -0.05) is 23.7 Å². The number of aryl methyl sites for hydroxylation is 2. The molecule has 0 spiro atoms. The Labute approximate surface area is 174 Å². The van der Waals surface area contributed by atoms with Gasteiger partial charge in [-0.05, 0) is 73.4 Å². The van der Waals surface area contributed by atoms with Crippen molar-refractivity contribution in [2.75, 3.05) is 5.32 Å². The van der Waals surface area contributed by atoms with Crippen molar-refractivity contribution in [1.82, 2.24) is 10.2 Å². The Bertz CT molecular complexity index is 1210. The van der Waals surface area contributed by atoms with Crippen LogP contribution < -0.4 is 5.32 Å². The summed E-state index contributed by atoms with van der Waals surface area (Å²) in [6, 6.07) is 13.4. The number of fused-ring (bicyclic) bond motifs is 1. The minimum atomic E-state index is -0.710. The lowest BCUT2D eigenvalue weighted by Gasteiger charge is -2.15. The number of aromatic hydroxyl groups is 1. The maximum Gasteiger partial charge on any atom is 0.131 e. The van der Waals surface area contributed by atoms with E-state index in [1.165, 1.54) is 0 Å². The lowest BCUT2D eigenvalue weighted by molar-refractivity contribution is 0.224. The molecule has 3 aromatic carbocycles. The highest BCUT2D eigenvalue weighted by Crippen LogP contribution is 2.41. The van der Waals surface area contributed by atoms with Crippen LogP contribution in [-0.4, -0.2) is 26.6 Å². The van der Waals surface area contributed by atoms with Crippen LogP contribution in [0.15, 0.2) is 48.7 Å². The molecule has 0 radical (unpaired) electrons. The van der Waals surface area contributed by atoms with Gasteiger partial charge in [0.25, 0.3) is 0 Å². The second-order valence-electron chi connectivity index (χ2n) is 7.35. The zero-order chi connectivity index (χ0) is 20.7. The molecule has 1 aromatic heterocycles. The summed E-state index contributed by atoms with van der Waals surface area (Å²) in [7, 11) is 0. The predicted octanol–water partition coefficient (Wildman–Crippen LogP) is 5.62. The Balaban J connectivity index is 1.84. The van der Waals surface area contributed by atoms with Gasteiger partial charge in [0, 0.05) is 16.5 Å². The fraction of sp³-hybridized carbons (Fsp3) is 0.174. The first-order valence-electron chi connectivity index (χ1n) is 9.35. The summed E-state index contributed by atoms with van der Waals surface area (Å²) >= 11 is 6.38. The van der Waals surface area contributed by atoms with Gasteiger partial charge in [-0.25, -0.2) is 0 Å². The van der Waals surface area contributed by atoms with E-state index in [9.17, 15) is 10.2 Å².